The van der Waals surface area contributed by atoms with Crippen molar-refractivity contribution in [3.05, 3.63) is 0 Å². The largest absolute Gasteiger partial charge is 0.392 e. The van der Waals surface area contributed by atoms with Gasteiger partial charge in [-0.15, -0.1) is 0 Å². The van der Waals surface area contributed by atoms with E-state index in [-0.39, 0.29) is 31.9 Å². The van der Waals surface area contributed by atoms with Crippen molar-refractivity contribution in [1.29, 1.82) is 0 Å². The number of aliphatic hydroxyl groups excluding tert-OH is 1. The van der Waals surface area contributed by atoms with E-state index in [0.717, 1.165) is 13.1 Å². The minimum absolute atomic E-state index is 0. The van der Waals surface area contributed by atoms with Gasteiger partial charge in [0.15, 0.2) is 0 Å². The van der Waals surface area contributed by atoms with Crippen LogP contribution in [0.5, 0.6) is 0 Å². The van der Waals surface area contributed by atoms with E-state index in [1.165, 1.54) is 0 Å². The third-order valence-corrected chi connectivity index (χ3v) is 1.12. The van der Waals surface area contributed by atoms with Gasteiger partial charge in [0, 0.05) is 32.4 Å². The molecule has 0 aliphatic heterocycles. The molecule has 9 heavy (non-hydrogen) atoms. The molecular weight excluding hydrogens is 281 g/mol. The van der Waals surface area contributed by atoms with Crippen LogP contribution in [-0.4, -0.2) is 36.2 Å². The van der Waals surface area contributed by atoms with E-state index in [1.54, 1.807) is 6.92 Å². The smallest absolute Gasteiger partial charge is 0.0638 e. The van der Waals surface area contributed by atoms with Crippen LogP contribution in [0, 0.1) is 0 Å². The predicted molar refractivity (Wildman–Crippen MR) is 34.9 cm³/mol. The summed E-state index contributed by atoms with van der Waals surface area (Å²) in [7, 11) is 1.99. The Labute approximate surface area is 76.0 Å². The number of hydrogen-bond acceptors (Lipinski definition) is 2. The van der Waals surface area contributed by atoms with Crippen molar-refractivity contribution in [3.63, 3.8) is 0 Å². The summed E-state index contributed by atoms with van der Waals surface area (Å²) < 4.78 is 0. The van der Waals surface area contributed by atoms with E-state index in [1.807, 2.05) is 7.05 Å². The van der Waals surface area contributed by atoms with Crippen molar-refractivity contribution in [1.82, 2.24) is 4.90 Å². The molecule has 54 valence electrons. The van der Waals surface area contributed by atoms with Gasteiger partial charge < -0.3 is 10.0 Å². The summed E-state index contributed by atoms with van der Waals surface area (Å²) in [5.74, 6) is 0. The first-order chi connectivity index (χ1) is 3.66. The Hall–Kier alpha value is 0.790. The molecule has 0 aliphatic carbocycles. The molecule has 0 bridgehead atoms. The number of aliphatic hydroxyl groups is 1. The Bertz CT molecular complexity index is 59.0. The molecule has 1 unspecified atom stereocenters. The first-order valence-electron chi connectivity index (χ1n) is 3.03. The fraction of sp³-hybridized carbons (Fsp3) is 1.00. The molecule has 0 aromatic heterocycles. The molecule has 0 saturated heterocycles. The summed E-state index contributed by atoms with van der Waals surface area (Å²) in [5.41, 5.74) is 0. The number of likely N-dealkylation sites (N-methyl/N-ethyl adjacent to an activating group) is 1. The van der Waals surface area contributed by atoms with Gasteiger partial charge in [0.25, 0.3) is 0 Å². The van der Waals surface area contributed by atoms with Crippen LogP contribution in [0.2, 0.25) is 0 Å². The van der Waals surface area contributed by atoms with Crippen molar-refractivity contribution >= 4 is 0 Å². The van der Waals surface area contributed by atoms with Crippen LogP contribution in [0.25, 0.3) is 0 Å². The predicted octanol–water partition coefficient (Wildman–Crippen LogP) is 0.316. The van der Waals surface area contributed by atoms with E-state index >= 15 is 0 Å². The first kappa shape index (κ1) is 12.5. The molecule has 0 aliphatic rings. The van der Waals surface area contributed by atoms with Gasteiger partial charge in [-0.25, -0.2) is 0 Å². The number of hydrogen-bond donors (Lipinski definition) is 1. The Kier molecular flexibility index (Phi) is 9.56. The summed E-state index contributed by atoms with van der Waals surface area (Å²) in [4.78, 5) is 2.07. The summed E-state index contributed by atoms with van der Waals surface area (Å²) in [6, 6.07) is 0. The maximum absolute atomic E-state index is 8.81. The van der Waals surface area contributed by atoms with Crippen molar-refractivity contribution in [3.8, 4) is 0 Å². The second-order valence-corrected chi connectivity index (χ2v) is 2.20. The summed E-state index contributed by atoms with van der Waals surface area (Å²) in [6.45, 7) is 5.65. The van der Waals surface area contributed by atoms with Gasteiger partial charge in [-0.3, -0.25) is 0 Å². The van der Waals surface area contributed by atoms with Crippen molar-refractivity contribution in [2.75, 3.05) is 20.1 Å². The Balaban J connectivity index is 0. The molecule has 0 radical (unpaired) electrons. The van der Waals surface area contributed by atoms with Gasteiger partial charge in [-0.05, 0) is 20.5 Å². The molecule has 0 fully saturated rings. The van der Waals surface area contributed by atoms with E-state index in [2.05, 4.69) is 11.8 Å². The van der Waals surface area contributed by atoms with Gasteiger partial charge in [0.1, 0.15) is 0 Å². The zero-order valence-electron chi connectivity index (χ0n) is 6.39. The quantitative estimate of drug-likeness (QED) is 0.758. The number of nitrogens with zero attached hydrogens (tertiary/aromatic N) is 1. The van der Waals surface area contributed by atoms with Crippen LogP contribution in [0.3, 0.4) is 0 Å². The second kappa shape index (κ2) is 6.90. The molecule has 0 spiro atoms. The first-order valence-corrected chi connectivity index (χ1v) is 3.03. The Morgan fingerprint density at radius 3 is 2.11 bits per heavy atom. The average Bonchev–Trinajstić information content (AvgIpc) is 1.65. The van der Waals surface area contributed by atoms with Gasteiger partial charge in [0.05, 0.1) is 6.10 Å². The third-order valence-electron chi connectivity index (χ3n) is 1.12. The van der Waals surface area contributed by atoms with E-state index in [0.29, 0.717) is 0 Å². The molecule has 0 heterocycles. The summed E-state index contributed by atoms with van der Waals surface area (Å²) in [6.07, 6.45) is -0.194. The molecule has 1 N–H and O–H groups in total. The molecule has 1 atom stereocenters. The molecule has 0 aromatic rings. The maximum atomic E-state index is 8.81. The van der Waals surface area contributed by atoms with Crippen LogP contribution in [-0.2, 0) is 25.8 Å². The van der Waals surface area contributed by atoms with Crippen LogP contribution < -0.4 is 0 Å². The topological polar surface area (TPSA) is 23.5 Å². The minimum Gasteiger partial charge on any atom is -0.392 e. The molecular formula is C6H15HfNO. The fourth-order valence-corrected chi connectivity index (χ4v) is 0.580. The van der Waals surface area contributed by atoms with Crippen molar-refractivity contribution < 1.29 is 30.9 Å². The second-order valence-electron chi connectivity index (χ2n) is 2.20. The Morgan fingerprint density at radius 2 is 2.00 bits per heavy atom. The molecule has 0 rings (SSSR count). The average molecular weight is 296 g/mol. The van der Waals surface area contributed by atoms with Crippen molar-refractivity contribution in [2.45, 2.75) is 20.0 Å². The molecule has 2 nitrogen and oxygen atoms in total. The van der Waals surface area contributed by atoms with E-state index in [4.69, 9.17) is 5.11 Å². The van der Waals surface area contributed by atoms with Gasteiger partial charge in [0.2, 0.25) is 0 Å². The van der Waals surface area contributed by atoms with Crippen LogP contribution >= 0.6 is 0 Å². The van der Waals surface area contributed by atoms with E-state index in [9.17, 15) is 0 Å². The normalized spacial score (nSPS) is 13.0. The standard InChI is InChI=1S/C6H15NO.Hf/c1-4-7(3)5-6(2)8;/h6,8H,4-5H2,1-3H3;. The molecule has 0 saturated carbocycles. The van der Waals surface area contributed by atoms with Gasteiger partial charge >= 0.3 is 0 Å². The van der Waals surface area contributed by atoms with Crippen LogP contribution in [0.15, 0.2) is 0 Å². The monoisotopic (exact) mass is 297 g/mol. The minimum atomic E-state index is -0.194. The fourth-order valence-electron chi connectivity index (χ4n) is 0.580. The molecule has 0 aromatic carbocycles. The molecule has 0 amide bonds. The Morgan fingerprint density at radius 1 is 1.56 bits per heavy atom. The third kappa shape index (κ3) is 8.79. The van der Waals surface area contributed by atoms with Crippen molar-refractivity contribution in [2.24, 2.45) is 0 Å². The van der Waals surface area contributed by atoms with Crippen LogP contribution in [0.1, 0.15) is 13.8 Å². The zero-order valence-corrected chi connectivity index (χ0v) is 9.98. The van der Waals surface area contributed by atoms with Gasteiger partial charge in [-0.2, -0.15) is 0 Å². The van der Waals surface area contributed by atoms with E-state index < -0.39 is 0 Å². The summed E-state index contributed by atoms with van der Waals surface area (Å²) in [5, 5.41) is 8.81. The maximum Gasteiger partial charge on any atom is 0.0638 e. The number of rotatable bonds is 3. The van der Waals surface area contributed by atoms with Gasteiger partial charge in [-0.1, -0.05) is 6.92 Å². The van der Waals surface area contributed by atoms with Crippen LogP contribution in [0.4, 0.5) is 0 Å². The molecule has 3 heteroatoms. The zero-order chi connectivity index (χ0) is 6.57. The summed E-state index contributed by atoms with van der Waals surface area (Å²) >= 11 is 0. The SMILES string of the molecule is CCN(C)CC(C)O.[Hf].